The molecule has 1 rings (SSSR count). The van der Waals surface area contributed by atoms with Crippen molar-refractivity contribution in [3.05, 3.63) is 18.2 Å². The Kier molecular flexibility index (Phi) is 5.51. The van der Waals surface area contributed by atoms with E-state index < -0.39 is 15.6 Å². The van der Waals surface area contributed by atoms with Gasteiger partial charge in [-0.1, -0.05) is 20.8 Å². The fraction of sp³-hybridized carbons (Fsp3) is 0.625. The maximum Gasteiger partial charge on any atom is 0.241 e. The van der Waals surface area contributed by atoms with Crippen LogP contribution in [0.2, 0.25) is 0 Å². The van der Waals surface area contributed by atoms with E-state index in [-0.39, 0.29) is 10.3 Å². The van der Waals surface area contributed by atoms with E-state index in [9.17, 15) is 8.42 Å². The number of sulfonamides is 1. The molecule has 0 aliphatic heterocycles. The fourth-order valence-corrected chi connectivity index (χ4v) is 4.20. The second-order valence-electron chi connectivity index (χ2n) is 7.24. The second-order valence-corrected chi connectivity index (χ2v) is 8.93. The lowest BCUT2D eigenvalue weighted by Crippen LogP contribution is -2.45. The minimum atomic E-state index is -3.63. The Labute approximate surface area is 134 Å². The van der Waals surface area contributed by atoms with Crippen molar-refractivity contribution in [3.8, 4) is 11.5 Å². The maximum atomic E-state index is 12.6. The first kappa shape index (κ1) is 18.8. The molecular formula is C16H27NO4S. The molecule has 0 aliphatic carbocycles. The standard InChI is InChI=1S/C16H27NO4S/c1-15(2,3)11-16(4,5)17-22(18,19)12-8-9-13(20-6)14(10-12)21-7/h8-10,17H,11H2,1-7H3. The van der Waals surface area contributed by atoms with Gasteiger partial charge in [-0.25, -0.2) is 13.1 Å². The minimum absolute atomic E-state index is 0.0175. The zero-order chi connectivity index (χ0) is 17.2. The summed E-state index contributed by atoms with van der Waals surface area (Å²) >= 11 is 0. The average Bonchev–Trinajstić information content (AvgIpc) is 2.33. The number of hydrogen-bond acceptors (Lipinski definition) is 4. The van der Waals surface area contributed by atoms with Crippen LogP contribution in [0, 0.1) is 5.41 Å². The first-order valence-electron chi connectivity index (χ1n) is 7.16. The summed E-state index contributed by atoms with van der Waals surface area (Å²) in [6.45, 7) is 10.0. The summed E-state index contributed by atoms with van der Waals surface area (Å²) in [5, 5.41) is 0. The summed E-state index contributed by atoms with van der Waals surface area (Å²) in [7, 11) is -0.645. The summed E-state index contributed by atoms with van der Waals surface area (Å²) in [6, 6.07) is 4.56. The zero-order valence-electron chi connectivity index (χ0n) is 14.5. The van der Waals surface area contributed by atoms with E-state index in [2.05, 4.69) is 25.5 Å². The lowest BCUT2D eigenvalue weighted by atomic mass is 9.82. The lowest BCUT2D eigenvalue weighted by Gasteiger charge is -2.33. The summed E-state index contributed by atoms with van der Waals surface area (Å²) in [5.41, 5.74) is -0.534. The van der Waals surface area contributed by atoms with Gasteiger partial charge in [0.1, 0.15) is 0 Å². The SMILES string of the molecule is COc1ccc(S(=O)(=O)NC(C)(C)CC(C)(C)C)cc1OC. The van der Waals surface area contributed by atoms with Gasteiger partial charge in [-0.2, -0.15) is 0 Å². The van der Waals surface area contributed by atoms with Crippen LogP contribution in [0.3, 0.4) is 0 Å². The Morgan fingerprint density at radius 2 is 1.55 bits per heavy atom. The molecule has 0 heterocycles. The quantitative estimate of drug-likeness (QED) is 0.870. The van der Waals surface area contributed by atoms with E-state index >= 15 is 0 Å². The molecule has 1 N–H and O–H groups in total. The van der Waals surface area contributed by atoms with E-state index in [0.717, 1.165) is 0 Å². The van der Waals surface area contributed by atoms with Crippen LogP contribution in [0.4, 0.5) is 0 Å². The van der Waals surface area contributed by atoms with Crippen LogP contribution >= 0.6 is 0 Å². The summed E-state index contributed by atoms with van der Waals surface area (Å²) in [4.78, 5) is 0.159. The van der Waals surface area contributed by atoms with Gasteiger partial charge in [-0.3, -0.25) is 0 Å². The van der Waals surface area contributed by atoms with Gasteiger partial charge in [-0.15, -0.1) is 0 Å². The molecule has 0 spiro atoms. The molecule has 22 heavy (non-hydrogen) atoms. The first-order chi connectivity index (χ1) is 9.90. The Hall–Kier alpha value is -1.27. The molecular weight excluding hydrogens is 302 g/mol. The molecule has 1 aromatic rings. The highest BCUT2D eigenvalue weighted by Gasteiger charge is 2.31. The number of hydrogen-bond donors (Lipinski definition) is 1. The normalized spacial score (nSPS) is 13.0. The Morgan fingerprint density at radius 1 is 1.00 bits per heavy atom. The zero-order valence-corrected chi connectivity index (χ0v) is 15.3. The third-order valence-electron chi connectivity index (χ3n) is 3.05. The van der Waals surface area contributed by atoms with Crippen molar-refractivity contribution in [2.45, 2.75) is 51.5 Å². The van der Waals surface area contributed by atoms with Crippen LogP contribution in [0.15, 0.2) is 23.1 Å². The predicted molar refractivity (Wildman–Crippen MR) is 88.0 cm³/mol. The van der Waals surface area contributed by atoms with Gasteiger partial charge < -0.3 is 9.47 Å². The summed E-state index contributed by atoms with van der Waals surface area (Å²) < 4.78 is 38.3. The van der Waals surface area contributed by atoms with E-state index in [0.29, 0.717) is 17.9 Å². The third kappa shape index (κ3) is 5.18. The van der Waals surface area contributed by atoms with Crippen LogP contribution in [-0.2, 0) is 10.0 Å². The van der Waals surface area contributed by atoms with Crippen LogP contribution in [0.1, 0.15) is 41.0 Å². The van der Waals surface area contributed by atoms with Crippen molar-refractivity contribution in [3.63, 3.8) is 0 Å². The highest BCUT2D eigenvalue weighted by molar-refractivity contribution is 7.89. The molecule has 6 heteroatoms. The van der Waals surface area contributed by atoms with E-state index in [1.807, 2.05) is 13.8 Å². The molecule has 0 unspecified atom stereocenters. The van der Waals surface area contributed by atoms with Crippen molar-refractivity contribution in [1.82, 2.24) is 4.72 Å². The van der Waals surface area contributed by atoms with Gasteiger partial charge in [0.25, 0.3) is 0 Å². The molecule has 0 saturated heterocycles. The fourth-order valence-electron chi connectivity index (χ4n) is 2.77. The Balaban J connectivity index is 3.09. The molecule has 1 aromatic carbocycles. The van der Waals surface area contributed by atoms with Gasteiger partial charge in [0.15, 0.2) is 11.5 Å². The highest BCUT2D eigenvalue weighted by Crippen LogP contribution is 2.31. The first-order valence-corrected chi connectivity index (χ1v) is 8.64. The van der Waals surface area contributed by atoms with Crippen molar-refractivity contribution >= 4 is 10.0 Å². The smallest absolute Gasteiger partial charge is 0.241 e. The summed E-state index contributed by atoms with van der Waals surface area (Å²) in [5.74, 6) is 0.884. The molecule has 0 atom stereocenters. The van der Waals surface area contributed by atoms with Gasteiger partial charge in [0.05, 0.1) is 19.1 Å². The van der Waals surface area contributed by atoms with Crippen LogP contribution in [0.5, 0.6) is 11.5 Å². The number of benzene rings is 1. The second kappa shape index (κ2) is 6.46. The average molecular weight is 329 g/mol. The number of rotatable bonds is 6. The summed E-state index contributed by atoms with van der Waals surface area (Å²) in [6.07, 6.45) is 0.715. The van der Waals surface area contributed by atoms with Gasteiger partial charge in [-0.05, 0) is 37.8 Å². The van der Waals surface area contributed by atoms with Crippen LogP contribution < -0.4 is 14.2 Å². The number of nitrogens with one attached hydrogen (secondary N) is 1. The maximum absolute atomic E-state index is 12.6. The lowest BCUT2D eigenvalue weighted by molar-refractivity contribution is 0.269. The Bertz CT molecular complexity index is 616. The van der Waals surface area contributed by atoms with Crippen molar-refractivity contribution in [2.75, 3.05) is 14.2 Å². The molecule has 0 saturated carbocycles. The molecule has 126 valence electrons. The molecule has 0 fully saturated rings. The van der Waals surface area contributed by atoms with Crippen molar-refractivity contribution in [1.29, 1.82) is 0 Å². The van der Waals surface area contributed by atoms with Crippen LogP contribution in [0.25, 0.3) is 0 Å². The molecule has 0 radical (unpaired) electrons. The topological polar surface area (TPSA) is 64.6 Å². The highest BCUT2D eigenvalue weighted by atomic mass is 32.2. The molecule has 5 nitrogen and oxygen atoms in total. The van der Waals surface area contributed by atoms with Crippen LogP contribution in [-0.4, -0.2) is 28.2 Å². The van der Waals surface area contributed by atoms with Crippen molar-refractivity contribution < 1.29 is 17.9 Å². The van der Waals surface area contributed by atoms with E-state index in [4.69, 9.17) is 9.47 Å². The predicted octanol–water partition coefficient (Wildman–Crippen LogP) is 3.20. The monoisotopic (exact) mass is 329 g/mol. The van der Waals surface area contributed by atoms with Gasteiger partial charge in [0, 0.05) is 11.6 Å². The van der Waals surface area contributed by atoms with E-state index in [1.54, 1.807) is 6.07 Å². The van der Waals surface area contributed by atoms with Crippen molar-refractivity contribution in [2.24, 2.45) is 5.41 Å². The molecule has 0 bridgehead atoms. The molecule has 0 aliphatic rings. The molecule has 0 amide bonds. The largest absolute Gasteiger partial charge is 0.493 e. The van der Waals surface area contributed by atoms with E-state index in [1.165, 1.54) is 26.4 Å². The van der Waals surface area contributed by atoms with Gasteiger partial charge in [0.2, 0.25) is 10.0 Å². The molecule has 0 aromatic heterocycles. The number of ether oxygens (including phenoxy) is 2. The minimum Gasteiger partial charge on any atom is -0.493 e. The van der Waals surface area contributed by atoms with Gasteiger partial charge >= 0.3 is 0 Å². The Morgan fingerprint density at radius 3 is 2.00 bits per heavy atom. The number of methoxy groups -OCH3 is 2. The third-order valence-corrected chi connectivity index (χ3v) is 4.74.